The maximum atomic E-state index is 12.5. The van der Waals surface area contributed by atoms with Crippen molar-refractivity contribution >= 4 is 17.3 Å². The number of methoxy groups -OCH3 is 1. The van der Waals surface area contributed by atoms with Crippen molar-refractivity contribution in [2.45, 2.75) is 18.9 Å². The number of piperidine rings is 1. The van der Waals surface area contributed by atoms with E-state index in [0.29, 0.717) is 0 Å². The first-order chi connectivity index (χ1) is 13.7. The summed E-state index contributed by atoms with van der Waals surface area (Å²) < 4.78 is 5.49. The minimum absolute atomic E-state index is 0.270. The molecule has 0 spiro atoms. The number of nitrogens with zero attached hydrogens (tertiary/aromatic N) is 4. The van der Waals surface area contributed by atoms with Crippen LogP contribution in [0.25, 0.3) is 5.69 Å². The standard InChI is InChI=1S/C21H23N5O2/c1-28-19-8-5-13-25(15-19)17-11-9-16(10-12-17)23-21(27)20-14-22-26(24-20)18-6-3-2-4-7-18/h2-4,6-7,9-12,14,19H,5,8,13,15H2,1H3,(H,23,27). The van der Waals surface area contributed by atoms with Gasteiger partial charge in [0.05, 0.1) is 18.0 Å². The molecule has 7 nitrogen and oxygen atoms in total. The molecule has 1 unspecified atom stereocenters. The first-order valence-corrected chi connectivity index (χ1v) is 9.40. The van der Waals surface area contributed by atoms with Crippen LogP contribution in [0, 0.1) is 0 Å². The Morgan fingerprint density at radius 1 is 1.11 bits per heavy atom. The zero-order valence-corrected chi connectivity index (χ0v) is 15.8. The Morgan fingerprint density at radius 2 is 1.89 bits per heavy atom. The molecule has 7 heteroatoms. The van der Waals surface area contributed by atoms with Crippen molar-refractivity contribution in [3.05, 3.63) is 66.5 Å². The Kier molecular flexibility index (Phi) is 5.34. The van der Waals surface area contributed by atoms with E-state index in [4.69, 9.17) is 4.74 Å². The van der Waals surface area contributed by atoms with Crippen LogP contribution < -0.4 is 10.2 Å². The molecule has 4 rings (SSSR count). The van der Waals surface area contributed by atoms with Gasteiger partial charge < -0.3 is 15.0 Å². The highest BCUT2D eigenvalue weighted by atomic mass is 16.5. The normalized spacial score (nSPS) is 16.8. The van der Waals surface area contributed by atoms with E-state index in [2.05, 4.69) is 20.4 Å². The third-order valence-corrected chi connectivity index (χ3v) is 4.91. The first-order valence-electron chi connectivity index (χ1n) is 9.40. The molecule has 1 aromatic heterocycles. The highest BCUT2D eigenvalue weighted by Gasteiger charge is 2.19. The Morgan fingerprint density at radius 3 is 2.64 bits per heavy atom. The minimum Gasteiger partial charge on any atom is -0.380 e. The lowest BCUT2D eigenvalue weighted by Gasteiger charge is -2.33. The summed E-state index contributed by atoms with van der Waals surface area (Å²) >= 11 is 0. The summed E-state index contributed by atoms with van der Waals surface area (Å²) in [5.41, 5.74) is 2.94. The molecule has 1 aliphatic rings. The van der Waals surface area contributed by atoms with E-state index in [1.54, 1.807) is 7.11 Å². The van der Waals surface area contributed by atoms with Crippen molar-refractivity contribution in [2.75, 3.05) is 30.4 Å². The van der Waals surface area contributed by atoms with E-state index in [9.17, 15) is 4.79 Å². The van der Waals surface area contributed by atoms with Gasteiger partial charge in [0.15, 0.2) is 5.69 Å². The number of para-hydroxylation sites is 1. The molecule has 2 heterocycles. The molecule has 1 amide bonds. The Labute approximate surface area is 163 Å². The van der Waals surface area contributed by atoms with Crippen LogP contribution in [0.3, 0.4) is 0 Å². The average Bonchev–Trinajstić information content (AvgIpc) is 3.25. The zero-order chi connectivity index (χ0) is 19.3. The number of anilines is 2. The summed E-state index contributed by atoms with van der Waals surface area (Å²) in [7, 11) is 1.76. The molecule has 28 heavy (non-hydrogen) atoms. The van der Waals surface area contributed by atoms with Crippen molar-refractivity contribution in [2.24, 2.45) is 0 Å². The largest absolute Gasteiger partial charge is 0.380 e. The Balaban J connectivity index is 1.40. The predicted molar refractivity (Wildman–Crippen MR) is 108 cm³/mol. The van der Waals surface area contributed by atoms with E-state index < -0.39 is 0 Å². The lowest BCUT2D eigenvalue weighted by molar-refractivity contribution is 0.0893. The third-order valence-electron chi connectivity index (χ3n) is 4.91. The van der Waals surface area contributed by atoms with Gasteiger partial charge >= 0.3 is 0 Å². The summed E-state index contributed by atoms with van der Waals surface area (Å²) in [6.07, 6.45) is 3.97. The molecule has 0 saturated carbocycles. The highest BCUT2D eigenvalue weighted by Crippen LogP contribution is 2.23. The summed E-state index contributed by atoms with van der Waals surface area (Å²) in [6.45, 7) is 1.92. The van der Waals surface area contributed by atoms with Gasteiger partial charge in [0.1, 0.15) is 0 Å². The van der Waals surface area contributed by atoms with Crippen LogP contribution >= 0.6 is 0 Å². The maximum absolute atomic E-state index is 12.5. The van der Waals surface area contributed by atoms with E-state index in [1.165, 1.54) is 11.0 Å². The molecule has 0 radical (unpaired) electrons. The van der Waals surface area contributed by atoms with E-state index in [1.807, 2.05) is 54.6 Å². The fraction of sp³-hybridized carbons (Fsp3) is 0.286. The van der Waals surface area contributed by atoms with Gasteiger partial charge in [0, 0.05) is 31.6 Å². The number of aromatic nitrogens is 3. The summed E-state index contributed by atoms with van der Waals surface area (Å²) in [6, 6.07) is 17.3. The lowest BCUT2D eigenvalue weighted by atomic mass is 10.1. The molecule has 1 aliphatic heterocycles. The number of carbonyl (C=O) groups excluding carboxylic acids is 1. The second kappa shape index (κ2) is 8.22. The fourth-order valence-corrected chi connectivity index (χ4v) is 3.37. The molecule has 1 fully saturated rings. The average molecular weight is 377 g/mol. The molecule has 144 valence electrons. The van der Waals surface area contributed by atoms with Gasteiger partial charge in [-0.05, 0) is 49.2 Å². The van der Waals surface area contributed by atoms with Crippen molar-refractivity contribution < 1.29 is 9.53 Å². The second-order valence-electron chi connectivity index (χ2n) is 6.80. The Bertz CT molecular complexity index is 923. The van der Waals surface area contributed by atoms with Crippen molar-refractivity contribution in [1.82, 2.24) is 15.0 Å². The number of hydrogen-bond donors (Lipinski definition) is 1. The quantitative estimate of drug-likeness (QED) is 0.740. The van der Waals surface area contributed by atoms with Gasteiger partial charge in [-0.15, -0.1) is 5.10 Å². The molecule has 1 atom stereocenters. The van der Waals surface area contributed by atoms with Gasteiger partial charge in [-0.3, -0.25) is 4.79 Å². The highest BCUT2D eigenvalue weighted by molar-refractivity contribution is 6.02. The van der Waals surface area contributed by atoms with E-state index in [0.717, 1.165) is 43.0 Å². The van der Waals surface area contributed by atoms with Crippen LogP contribution in [-0.2, 0) is 4.74 Å². The molecule has 2 aromatic carbocycles. The number of rotatable bonds is 5. The smallest absolute Gasteiger partial charge is 0.277 e. The molecule has 1 saturated heterocycles. The number of ether oxygens (including phenoxy) is 1. The Hall–Kier alpha value is -3.19. The summed E-state index contributed by atoms with van der Waals surface area (Å²) in [5, 5.41) is 11.3. The molecular weight excluding hydrogens is 354 g/mol. The van der Waals surface area contributed by atoms with Gasteiger partial charge in [-0.2, -0.15) is 9.90 Å². The van der Waals surface area contributed by atoms with E-state index >= 15 is 0 Å². The van der Waals surface area contributed by atoms with Crippen LogP contribution in [0.1, 0.15) is 23.3 Å². The van der Waals surface area contributed by atoms with Crippen molar-refractivity contribution in [1.29, 1.82) is 0 Å². The van der Waals surface area contributed by atoms with Crippen molar-refractivity contribution in [3.8, 4) is 5.69 Å². The van der Waals surface area contributed by atoms with Crippen LogP contribution in [0.2, 0.25) is 0 Å². The fourth-order valence-electron chi connectivity index (χ4n) is 3.37. The maximum Gasteiger partial charge on any atom is 0.277 e. The first kappa shape index (κ1) is 18.2. The van der Waals surface area contributed by atoms with E-state index in [-0.39, 0.29) is 17.7 Å². The van der Waals surface area contributed by atoms with Gasteiger partial charge in [-0.1, -0.05) is 18.2 Å². The van der Waals surface area contributed by atoms with Crippen LogP contribution in [0.15, 0.2) is 60.8 Å². The molecular formula is C21H23N5O2. The van der Waals surface area contributed by atoms with Crippen molar-refractivity contribution in [3.63, 3.8) is 0 Å². The number of benzene rings is 2. The van der Waals surface area contributed by atoms with Crippen LogP contribution in [-0.4, -0.2) is 47.2 Å². The lowest BCUT2D eigenvalue weighted by Crippen LogP contribution is -2.39. The van der Waals surface area contributed by atoms with Gasteiger partial charge in [0.25, 0.3) is 5.91 Å². The molecule has 3 aromatic rings. The van der Waals surface area contributed by atoms with Gasteiger partial charge in [-0.25, -0.2) is 0 Å². The number of nitrogens with one attached hydrogen (secondary N) is 1. The third kappa shape index (κ3) is 4.04. The number of amides is 1. The van der Waals surface area contributed by atoms with Gasteiger partial charge in [0.2, 0.25) is 0 Å². The molecule has 0 bridgehead atoms. The second-order valence-corrected chi connectivity index (χ2v) is 6.80. The van der Waals surface area contributed by atoms with Crippen LogP contribution in [0.4, 0.5) is 11.4 Å². The minimum atomic E-state index is -0.285. The number of carbonyl (C=O) groups is 1. The van der Waals surface area contributed by atoms with Crippen LogP contribution in [0.5, 0.6) is 0 Å². The summed E-state index contributed by atoms with van der Waals surface area (Å²) in [5.74, 6) is -0.285. The SMILES string of the molecule is COC1CCCN(c2ccc(NC(=O)c3cnn(-c4ccccc4)n3)cc2)C1. The predicted octanol–water partition coefficient (Wildman–Crippen LogP) is 3.13. The monoisotopic (exact) mass is 377 g/mol. The number of hydrogen-bond acceptors (Lipinski definition) is 5. The topological polar surface area (TPSA) is 72.3 Å². The molecule has 0 aliphatic carbocycles. The zero-order valence-electron chi connectivity index (χ0n) is 15.8. The summed E-state index contributed by atoms with van der Waals surface area (Å²) in [4.78, 5) is 16.2. The molecule has 1 N–H and O–H groups in total.